The van der Waals surface area contributed by atoms with Crippen LogP contribution < -0.4 is 5.32 Å². The van der Waals surface area contributed by atoms with Gasteiger partial charge in [0.25, 0.3) is 5.91 Å². The minimum absolute atomic E-state index is 0.115. The average Bonchev–Trinajstić information content (AvgIpc) is 2.44. The van der Waals surface area contributed by atoms with Crippen LogP contribution in [0.2, 0.25) is 0 Å². The number of pyridine rings is 1. The number of hydrogen-bond donors (Lipinski definition) is 2. The lowest BCUT2D eigenvalue weighted by molar-refractivity contribution is 0.0935. The number of carbonyl (C=O) groups excluding carboxylic acids is 1. The molecule has 0 saturated carbocycles. The first-order valence-electron chi connectivity index (χ1n) is 6.93. The second-order valence-corrected chi connectivity index (χ2v) is 5.00. The summed E-state index contributed by atoms with van der Waals surface area (Å²) in [7, 11) is 0. The molecule has 1 aromatic heterocycles. The van der Waals surface area contributed by atoms with Gasteiger partial charge in [-0.3, -0.25) is 9.78 Å². The van der Waals surface area contributed by atoms with Crippen LogP contribution in [0.15, 0.2) is 18.5 Å². The molecule has 0 aromatic carbocycles. The highest BCUT2D eigenvalue weighted by Gasteiger charge is 2.14. The molecule has 2 N–H and O–H groups in total. The Labute approximate surface area is 120 Å². The van der Waals surface area contributed by atoms with E-state index in [1.54, 1.807) is 12.3 Å². The lowest BCUT2D eigenvalue weighted by Crippen LogP contribution is -2.34. The fourth-order valence-electron chi connectivity index (χ4n) is 1.96. The summed E-state index contributed by atoms with van der Waals surface area (Å²) < 4.78 is 0. The molecule has 108 valence electrons. The number of aliphatic hydroxyl groups is 1. The number of hydrogen-bond acceptors (Lipinski definition) is 3. The predicted octanol–water partition coefficient (Wildman–Crippen LogP) is 1.98. The highest BCUT2D eigenvalue weighted by atomic mass is 16.2. The third-order valence-corrected chi connectivity index (χ3v) is 3.20. The van der Waals surface area contributed by atoms with Crippen LogP contribution in [0, 0.1) is 17.8 Å². The topological polar surface area (TPSA) is 62.2 Å². The van der Waals surface area contributed by atoms with E-state index in [2.05, 4.69) is 36.0 Å². The molecule has 1 heterocycles. The van der Waals surface area contributed by atoms with Crippen LogP contribution in [0.5, 0.6) is 0 Å². The molecule has 0 aliphatic heterocycles. The summed E-state index contributed by atoms with van der Waals surface area (Å²) in [5.74, 6) is 5.72. The van der Waals surface area contributed by atoms with Crippen LogP contribution in [-0.4, -0.2) is 28.6 Å². The van der Waals surface area contributed by atoms with Gasteiger partial charge in [0, 0.05) is 18.4 Å². The molecular weight excluding hydrogens is 252 g/mol. The van der Waals surface area contributed by atoms with E-state index in [4.69, 9.17) is 5.11 Å². The van der Waals surface area contributed by atoms with Gasteiger partial charge in [-0.25, -0.2) is 0 Å². The van der Waals surface area contributed by atoms with Gasteiger partial charge < -0.3 is 10.4 Å². The van der Waals surface area contributed by atoms with Gasteiger partial charge >= 0.3 is 0 Å². The quantitative estimate of drug-likeness (QED) is 0.807. The van der Waals surface area contributed by atoms with E-state index in [1.807, 2.05) is 6.92 Å². The van der Waals surface area contributed by atoms with Crippen molar-refractivity contribution in [2.45, 2.75) is 39.7 Å². The Morgan fingerprint density at radius 2 is 2.25 bits per heavy atom. The van der Waals surface area contributed by atoms with Gasteiger partial charge in [-0.05, 0) is 25.3 Å². The van der Waals surface area contributed by atoms with Crippen LogP contribution in [0.25, 0.3) is 0 Å². The smallest absolute Gasteiger partial charge is 0.252 e. The largest absolute Gasteiger partial charge is 0.384 e. The Morgan fingerprint density at radius 3 is 2.90 bits per heavy atom. The first-order valence-corrected chi connectivity index (χ1v) is 6.93. The summed E-state index contributed by atoms with van der Waals surface area (Å²) in [6.45, 7) is 6.09. The van der Waals surface area contributed by atoms with Gasteiger partial charge in [-0.2, -0.15) is 0 Å². The second-order valence-electron chi connectivity index (χ2n) is 5.00. The molecule has 0 aliphatic carbocycles. The van der Waals surface area contributed by atoms with E-state index in [-0.39, 0.29) is 18.6 Å². The monoisotopic (exact) mass is 274 g/mol. The summed E-state index contributed by atoms with van der Waals surface area (Å²) in [6, 6.07) is 1.76. The first-order chi connectivity index (χ1) is 9.58. The number of carbonyl (C=O) groups is 1. The standard InChI is InChI=1S/C16H22N2O2/c1-4-12(2)10-13(3)18-16(20)15-7-8-17-11-14(15)6-5-9-19/h7-8,11-13,19H,4,9-10H2,1-3H3,(H,18,20). The van der Waals surface area contributed by atoms with Crippen LogP contribution in [0.1, 0.15) is 49.5 Å². The molecule has 1 rings (SSSR count). The molecule has 0 radical (unpaired) electrons. The second kappa shape index (κ2) is 8.34. The van der Waals surface area contributed by atoms with Crippen molar-refractivity contribution in [3.8, 4) is 11.8 Å². The number of nitrogens with one attached hydrogen (secondary N) is 1. The maximum atomic E-state index is 12.2. The van der Waals surface area contributed by atoms with Crippen molar-refractivity contribution in [2.75, 3.05) is 6.61 Å². The molecular formula is C16H22N2O2. The number of aromatic nitrogens is 1. The van der Waals surface area contributed by atoms with Crippen LogP contribution in [0.4, 0.5) is 0 Å². The van der Waals surface area contributed by atoms with Gasteiger partial charge in [-0.15, -0.1) is 0 Å². The van der Waals surface area contributed by atoms with Gasteiger partial charge in [0.2, 0.25) is 0 Å². The Morgan fingerprint density at radius 1 is 1.50 bits per heavy atom. The third-order valence-electron chi connectivity index (χ3n) is 3.20. The predicted molar refractivity (Wildman–Crippen MR) is 79.2 cm³/mol. The van der Waals surface area contributed by atoms with Crippen molar-refractivity contribution in [1.82, 2.24) is 10.3 Å². The van der Waals surface area contributed by atoms with Crippen molar-refractivity contribution in [1.29, 1.82) is 0 Å². The van der Waals surface area contributed by atoms with E-state index in [0.717, 1.165) is 12.8 Å². The summed E-state index contributed by atoms with van der Waals surface area (Å²) in [6.07, 6.45) is 5.16. The van der Waals surface area contributed by atoms with Crippen molar-refractivity contribution in [3.05, 3.63) is 29.6 Å². The normalized spacial score (nSPS) is 13.0. The average molecular weight is 274 g/mol. The van der Waals surface area contributed by atoms with Crippen molar-refractivity contribution in [3.63, 3.8) is 0 Å². The molecule has 4 nitrogen and oxygen atoms in total. The van der Waals surface area contributed by atoms with Crippen LogP contribution in [-0.2, 0) is 0 Å². The van der Waals surface area contributed by atoms with Crippen molar-refractivity contribution < 1.29 is 9.90 Å². The van der Waals surface area contributed by atoms with Gasteiger partial charge in [-0.1, -0.05) is 32.1 Å². The maximum absolute atomic E-state index is 12.2. The van der Waals surface area contributed by atoms with Crippen molar-refractivity contribution in [2.24, 2.45) is 5.92 Å². The van der Waals surface area contributed by atoms with Crippen molar-refractivity contribution >= 4 is 5.91 Å². The van der Waals surface area contributed by atoms with Crippen LogP contribution in [0.3, 0.4) is 0 Å². The lowest BCUT2D eigenvalue weighted by atomic mass is 10.00. The van der Waals surface area contributed by atoms with Gasteiger partial charge in [0.05, 0.1) is 11.1 Å². The lowest BCUT2D eigenvalue weighted by Gasteiger charge is -2.17. The SMILES string of the molecule is CCC(C)CC(C)NC(=O)c1ccncc1C#CCO. The molecule has 2 atom stereocenters. The Balaban J connectivity index is 2.77. The zero-order valence-corrected chi connectivity index (χ0v) is 12.3. The minimum atomic E-state index is -0.236. The zero-order valence-electron chi connectivity index (χ0n) is 12.3. The molecule has 2 unspecified atom stereocenters. The highest BCUT2D eigenvalue weighted by molar-refractivity contribution is 5.96. The summed E-state index contributed by atoms with van der Waals surface area (Å²) in [5, 5.41) is 11.7. The molecule has 0 aliphatic rings. The molecule has 0 saturated heterocycles. The Hall–Kier alpha value is -1.86. The fraction of sp³-hybridized carbons (Fsp3) is 0.500. The molecule has 1 aromatic rings. The molecule has 1 amide bonds. The zero-order chi connectivity index (χ0) is 15.0. The Kier molecular flexibility index (Phi) is 6.75. The van der Waals surface area contributed by atoms with E-state index in [0.29, 0.717) is 17.0 Å². The first kappa shape index (κ1) is 16.2. The molecule has 20 heavy (non-hydrogen) atoms. The fourth-order valence-corrected chi connectivity index (χ4v) is 1.96. The van der Waals surface area contributed by atoms with Gasteiger partial charge in [0.1, 0.15) is 6.61 Å². The van der Waals surface area contributed by atoms with E-state index in [9.17, 15) is 4.79 Å². The third kappa shape index (κ3) is 5.02. The minimum Gasteiger partial charge on any atom is -0.384 e. The number of aliphatic hydroxyl groups excluding tert-OH is 1. The summed E-state index contributed by atoms with van der Waals surface area (Å²) >= 11 is 0. The molecule has 4 heteroatoms. The van der Waals surface area contributed by atoms with E-state index < -0.39 is 0 Å². The molecule has 0 fully saturated rings. The Bertz CT molecular complexity index is 503. The van der Waals surface area contributed by atoms with Crippen LogP contribution >= 0.6 is 0 Å². The maximum Gasteiger partial charge on any atom is 0.252 e. The van der Waals surface area contributed by atoms with E-state index >= 15 is 0 Å². The summed E-state index contributed by atoms with van der Waals surface area (Å²) in [4.78, 5) is 16.2. The molecule has 0 bridgehead atoms. The number of nitrogens with zero attached hydrogens (tertiary/aromatic N) is 1. The number of rotatable bonds is 5. The van der Waals surface area contributed by atoms with Gasteiger partial charge in [0.15, 0.2) is 0 Å². The van der Waals surface area contributed by atoms with E-state index in [1.165, 1.54) is 6.20 Å². The highest BCUT2D eigenvalue weighted by Crippen LogP contribution is 2.11. The summed E-state index contributed by atoms with van der Waals surface area (Å²) in [5.41, 5.74) is 1.03. The molecule has 0 spiro atoms. The number of amides is 1.